The van der Waals surface area contributed by atoms with Crippen LogP contribution in [0.4, 0.5) is 0 Å². The molecule has 0 bridgehead atoms. The van der Waals surface area contributed by atoms with Crippen molar-refractivity contribution in [3.63, 3.8) is 0 Å². The first-order chi connectivity index (χ1) is 7.88. The van der Waals surface area contributed by atoms with Gasteiger partial charge in [0.15, 0.2) is 0 Å². The minimum atomic E-state index is 0.592. The highest BCUT2D eigenvalue weighted by Gasteiger charge is 2.22. The molecule has 0 aromatic carbocycles. The number of rotatable bonds is 9. The molecule has 2 unspecified atom stereocenters. The second-order valence-corrected chi connectivity index (χ2v) is 6.79. The Hall–Kier alpha value is 0. The van der Waals surface area contributed by atoms with E-state index in [9.17, 15) is 0 Å². The van der Waals surface area contributed by atoms with Gasteiger partial charge in [-0.1, -0.05) is 67.7 Å². The van der Waals surface area contributed by atoms with Gasteiger partial charge in [-0.3, -0.25) is 0 Å². The zero-order chi connectivity index (χ0) is 13.5. The summed E-state index contributed by atoms with van der Waals surface area (Å²) in [6, 6.07) is 0. The zero-order valence-corrected chi connectivity index (χ0v) is 13.5. The Kier molecular flexibility index (Phi) is 8.16. The molecule has 104 valence electrons. The lowest BCUT2D eigenvalue weighted by molar-refractivity contribution is 0.220. The summed E-state index contributed by atoms with van der Waals surface area (Å²) >= 11 is 0. The van der Waals surface area contributed by atoms with Crippen molar-refractivity contribution in [2.24, 2.45) is 23.2 Å². The standard InChI is InChI=1S/C17H36/c1-8-16(13-15(6)14(4)5)11-12-17(7,9-2)10-3/h14-16H,8-13H2,1-7H3. The van der Waals surface area contributed by atoms with E-state index in [0.29, 0.717) is 5.41 Å². The predicted molar refractivity (Wildman–Crippen MR) is 80.3 cm³/mol. The molecule has 0 saturated carbocycles. The van der Waals surface area contributed by atoms with Crippen LogP contribution in [0.3, 0.4) is 0 Å². The van der Waals surface area contributed by atoms with E-state index < -0.39 is 0 Å². The fourth-order valence-corrected chi connectivity index (χ4v) is 2.44. The quantitative estimate of drug-likeness (QED) is 0.443. The van der Waals surface area contributed by atoms with Gasteiger partial charge in [0.25, 0.3) is 0 Å². The maximum absolute atomic E-state index is 2.46. The zero-order valence-electron chi connectivity index (χ0n) is 13.5. The average molecular weight is 240 g/mol. The van der Waals surface area contributed by atoms with Gasteiger partial charge < -0.3 is 0 Å². The minimum absolute atomic E-state index is 0.592. The normalized spacial score (nSPS) is 16.2. The molecular weight excluding hydrogens is 204 g/mol. The first kappa shape index (κ1) is 17.0. The Morgan fingerprint density at radius 3 is 1.82 bits per heavy atom. The Morgan fingerprint density at radius 2 is 1.47 bits per heavy atom. The van der Waals surface area contributed by atoms with Crippen molar-refractivity contribution in [1.82, 2.24) is 0 Å². The molecule has 0 aromatic heterocycles. The van der Waals surface area contributed by atoms with E-state index in [0.717, 1.165) is 17.8 Å². The van der Waals surface area contributed by atoms with Crippen LogP contribution in [0.25, 0.3) is 0 Å². The molecule has 0 radical (unpaired) electrons. The van der Waals surface area contributed by atoms with Gasteiger partial charge in [0.05, 0.1) is 0 Å². The number of hydrogen-bond acceptors (Lipinski definition) is 0. The lowest BCUT2D eigenvalue weighted by Crippen LogP contribution is -2.17. The van der Waals surface area contributed by atoms with E-state index in [-0.39, 0.29) is 0 Å². The summed E-state index contributed by atoms with van der Waals surface area (Å²) in [5.41, 5.74) is 0.592. The van der Waals surface area contributed by atoms with Crippen LogP contribution in [0.2, 0.25) is 0 Å². The van der Waals surface area contributed by atoms with Crippen LogP contribution in [0, 0.1) is 23.2 Å². The molecule has 0 spiro atoms. The lowest BCUT2D eigenvalue weighted by Gasteiger charge is -2.30. The van der Waals surface area contributed by atoms with Gasteiger partial charge in [0.1, 0.15) is 0 Å². The molecule has 0 aromatic rings. The smallest absolute Gasteiger partial charge is 0.0331 e. The second-order valence-electron chi connectivity index (χ2n) is 6.79. The third kappa shape index (κ3) is 6.48. The average Bonchev–Trinajstić information content (AvgIpc) is 2.33. The fourth-order valence-electron chi connectivity index (χ4n) is 2.44. The molecule has 0 fully saturated rings. The minimum Gasteiger partial charge on any atom is -0.0651 e. The van der Waals surface area contributed by atoms with Crippen LogP contribution in [0.5, 0.6) is 0 Å². The van der Waals surface area contributed by atoms with E-state index in [1.54, 1.807) is 0 Å². The largest absolute Gasteiger partial charge is 0.0651 e. The molecule has 0 rings (SSSR count). The van der Waals surface area contributed by atoms with Gasteiger partial charge in [-0.2, -0.15) is 0 Å². The molecule has 0 heteroatoms. The maximum Gasteiger partial charge on any atom is -0.0331 e. The van der Waals surface area contributed by atoms with Gasteiger partial charge in [0.2, 0.25) is 0 Å². The topological polar surface area (TPSA) is 0 Å². The molecule has 0 amide bonds. The van der Waals surface area contributed by atoms with Crippen LogP contribution in [0.1, 0.15) is 87.0 Å². The van der Waals surface area contributed by atoms with Crippen molar-refractivity contribution in [1.29, 1.82) is 0 Å². The highest BCUT2D eigenvalue weighted by atomic mass is 14.3. The summed E-state index contributed by atoms with van der Waals surface area (Å²) < 4.78 is 0. The van der Waals surface area contributed by atoms with Crippen LogP contribution >= 0.6 is 0 Å². The molecule has 17 heavy (non-hydrogen) atoms. The third-order valence-corrected chi connectivity index (χ3v) is 5.28. The first-order valence-electron chi connectivity index (χ1n) is 7.88. The summed E-state index contributed by atoms with van der Waals surface area (Å²) in [6.45, 7) is 16.7. The van der Waals surface area contributed by atoms with Crippen LogP contribution in [0.15, 0.2) is 0 Å². The van der Waals surface area contributed by atoms with E-state index in [2.05, 4.69) is 48.5 Å². The van der Waals surface area contributed by atoms with Crippen molar-refractivity contribution in [2.75, 3.05) is 0 Å². The summed E-state index contributed by atoms with van der Waals surface area (Å²) in [5, 5.41) is 0. The second kappa shape index (κ2) is 8.16. The molecule has 0 nitrogen and oxygen atoms in total. The molecule has 0 aliphatic rings. The molecule has 0 saturated heterocycles. The molecule has 0 aliphatic carbocycles. The van der Waals surface area contributed by atoms with Crippen molar-refractivity contribution in [2.45, 2.75) is 87.0 Å². The van der Waals surface area contributed by atoms with Crippen LogP contribution in [-0.2, 0) is 0 Å². The number of hydrogen-bond donors (Lipinski definition) is 0. The monoisotopic (exact) mass is 240 g/mol. The lowest BCUT2D eigenvalue weighted by atomic mass is 9.76. The Morgan fingerprint density at radius 1 is 0.941 bits per heavy atom. The molecule has 0 aliphatic heterocycles. The van der Waals surface area contributed by atoms with Crippen molar-refractivity contribution < 1.29 is 0 Å². The SMILES string of the molecule is CCC(CCC(C)(CC)CC)CC(C)C(C)C. The van der Waals surface area contributed by atoms with E-state index in [1.165, 1.54) is 38.5 Å². The van der Waals surface area contributed by atoms with Gasteiger partial charge in [-0.05, 0) is 42.4 Å². The molecule has 2 atom stereocenters. The van der Waals surface area contributed by atoms with Gasteiger partial charge in [-0.15, -0.1) is 0 Å². The Labute approximate surface area is 111 Å². The van der Waals surface area contributed by atoms with Crippen molar-refractivity contribution in [3.05, 3.63) is 0 Å². The molecular formula is C17H36. The highest BCUT2D eigenvalue weighted by Crippen LogP contribution is 2.35. The predicted octanol–water partition coefficient (Wildman–Crippen LogP) is 6.30. The van der Waals surface area contributed by atoms with Gasteiger partial charge >= 0.3 is 0 Å². The van der Waals surface area contributed by atoms with Crippen LogP contribution < -0.4 is 0 Å². The van der Waals surface area contributed by atoms with Crippen LogP contribution in [-0.4, -0.2) is 0 Å². The van der Waals surface area contributed by atoms with Crippen molar-refractivity contribution >= 4 is 0 Å². The summed E-state index contributed by atoms with van der Waals surface area (Å²) in [7, 11) is 0. The molecule has 0 N–H and O–H groups in total. The van der Waals surface area contributed by atoms with E-state index in [4.69, 9.17) is 0 Å². The van der Waals surface area contributed by atoms with Crippen molar-refractivity contribution in [3.8, 4) is 0 Å². The summed E-state index contributed by atoms with van der Waals surface area (Å²) in [6.07, 6.45) is 8.31. The van der Waals surface area contributed by atoms with Gasteiger partial charge in [0, 0.05) is 0 Å². The first-order valence-corrected chi connectivity index (χ1v) is 7.88. The molecule has 0 heterocycles. The Balaban J connectivity index is 4.14. The third-order valence-electron chi connectivity index (χ3n) is 5.28. The van der Waals surface area contributed by atoms with E-state index in [1.807, 2.05) is 0 Å². The summed E-state index contributed by atoms with van der Waals surface area (Å²) in [4.78, 5) is 0. The highest BCUT2D eigenvalue weighted by molar-refractivity contribution is 4.74. The van der Waals surface area contributed by atoms with Gasteiger partial charge in [-0.25, -0.2) is 0 Å². The Bertz CT molecular complexity index is 176. The van der Waals surface area contributed by atoms with E-state index >= 15 is 0 Å². The summed E-state index contributed by atoms with van der Waals surface area (Å²) in [5.74, 6) is 2.67. The fraction of sp³-hybridized carbons (Fsp3) is 1.00. The maximum atomic E-state index is 2.46.